The van der Waals surface area contributed by atoms with E-state index in [9.17, 15) is 4.79 Å². The molecule has 4 nitrogen and oxygen atoms in total. The summed E-state index contributed by atoms with van der Waals surface area (Å²) in [6.45, 7) is 7.00. The number of fused-ring (bicyclic) bond motifs is 1. The van der Waals surface area contributed by atoms with Gasteiger partial charge in [-0.1, -0.05) is 48.5 Å². The Balaban J connectivity index is 1.68. The zero-order valence-electron chi connectivity index (χ0n) is 16.7. The third kappa shape index (κ3) is 4.83. The summed E-state index contributed by atoms with van der Waals surface area (Å²) in [4.78, 5) is 12.5. The van der Waals surface area contributed by atoms with Crippen molar-refractivity contribution in [2.24, 2.45) is 0 Å². The molecule has 4 heteroatoms. The van der Waals surface area contributed by atoms with Crippen molar-refractivity contribution in [3.05, 3.63) is 71.8 Å². The number of amides is 1. The summed E-state index contributed by atoms with van der Waals surface area (Å²) in [6.07, 6.45) is 0.352. The van der Waals surface area contributed by atoms with E-state index < -0.39 is 0 Å². The van der Waals surface area contributed by atoms with Crippen LogP contribution < -0.4 is 14.8 Å². The molecule has 0 aliphatic heterocycles. The minimum atomic E-state index is -0.122. The quantitative estimate of drug-likeness (QED) is 0.597. The maximum atomic E-state index is 12.5. The van der Waals surface area contributed by atoms with E-state index in [1.165, 1.54) is 5.39 Å². The molecule has 28 heavy (non-hydrogen) atoms. The molecule has 0 heterocycles. The molecule has 0 aliphatic carbocycles. The van der Waals surface area contributed by atoms with Gasteiger partial charge in [-0.25, -0.2) is 0 Å². The summed E-state index contributed by atoms with van der Waals surface area (Å²) in [6, 6.07) is 20.0. The van der Waals surface area contributed by atoms with E-state index in [0.717, 1.165) is 22.3 Å². The molecule has 0 aliphatic rings. The maximum absolute atomic E-state index is 12.5. The first kappa shape index (κ1) is 19.7. The van der Waals surface area contributed by atoms with Gasteiger partial charge < -0.3 is 14.8 Å². The Morgan fingerprint density at radius 2 is 1.61 bits per heavy atom. The number of carbonyl (C=O) groups excluding carboxylic acids is 1. The third-order valence-electron chi connectivity index (χ3n) is 4.62. The first-order valence-corrected chi connectivity index (χ1v) is 9.77. The van der Waals surface area contributed by atoms with Crippen molar-refractivity contribution < 1.29 is 14.3 Å². The van der Waals surface area contributed by atoms with E-state index in [2.05, 4.69) is 29.6 Å². The zero-order chi connectivity index (χ0) is 19.9. The lowest BCUT2D eigenvalue weighted by atomic mass is 10.0. The van der Waals surface area contributed by atoms with Crippen molar-refractivity contribution in [2.75, 3.05) is 13.2 Å². The largest absolute Gasteiger partial charge is 0.490 e. The zero-order valence-corrected chi connectivity index (χ0v) is 16.7. The molecule has 0 bridgehead atoms. The van der Waals surface area contributed by atoms with Crippen LogP contribution in [0, 0.1) is 0 Å². The number of benzene rings is 3. The lowest BCUT2D eigenvalue weighted by molar-refractivity contribution is -0.121. The van der Waals surface area contributed by atoms with E-state index in [1.54, 1.807) is 0 Å². The average molecular weight is 377 g/mol. The van der Waals surface area contributed by atoms with Gasteiger partial charge in [-0.2, -0.15) is 0 Å². The first-order chi connectivity index (χ1) is 13.6. The highest BCUT2D eigenvalue weighted by Gasteiger charge is 2.14. The van der Waals surface area contributed by atoms with Gasteiger partial charge in [-0.05, 0) is 54.8 Å². The molecule has 0 radical (unpaired) electrons. The molecule has 1 amide bonds. The van der Waals surface area contributed by atoms with Crippen molar-refractivity contribution in [3.8, 4) is 11.5 Å². The summed E-state index contributed by atoms with van der Waals surface area (Å²) < 4.78 is 11.3. The second-order valence-corrected chi connectivity index (χ2v) is 6.72. The molecule has 1 atom stereocenters. The molecule has 3 rings (SSSR count). The van der Waals surface area contributed by atoms with Crippen LogP contribution in [0.15, 0.2) is 60.7 Å². The van der Waals surface area contributed by atoms with E-state index in [0.29, 0.717) is 25.4 Å². The minimum Gasteiger partial charge on any atom is -0.490 e. The molecule has 3 aromatic rings. The van der Waals surface area contributed by atoms with Crippen LogP contribution in [0.4, 0.5) is 0 Å². The van der Waals surface area contributed by atoms with Gasteiger partial charge in [-0.15, -0.1) is 0 Å². The Labute approximate surface area is 166 Å². The van der Waals surface area contributed by atoms with Gasteiger partial charge in [0, 0.05) is 0 Å². The predicted molar refractivity (Wildman–Crippen MR) is 113 cm³/mol. The van der Waals surface area contributed by atoms with Gasteiger partial charge in [0.25, 0.3) is 0 Å². The van der Waals surface area contributed by atoms with Crippen LogP contribution in [0.2, 0.25) is 0 Å². The number of hydrogen-bond donors (Lipinski definition) is 1. The highest BCUT2D eigenvalue weighted by atomic mass is 16.5. The molecular weight excluding hydrogens is 350 g/mol. The van der Waals surface area contributed by atoms with Crippen molar-refractivity contribution in [1.29, 1.82) is 0 Å². The third-order valence-corrected chi connectivity index (χ3v) is 4.62. The van der Waals surface area contributed by atoms with Crippen LogP contribution >= 0.6 is 0 Å². The molecule has 0 saturated heterocycles. The number of ether oxygens (including phenoxy) is 2. The van der Waals surface area contributed by atoms with Gasteiger partial charge in [0.15, 0.2) is 11.5 Å². The average Bonchev–Trinajstić information content (AvgIpc) is 2.69. The minimum absolute atomic E-state index is 0.00498. The van der Waals surface area contributed by atoms with Crippen LogP contribution in [0.3, 0.4) is 0 Å². The second kappa shape index (κ2) is 9.27. The second-order valence-electron chi connectivity index (χ2n) is 6.72. The molecule has 0 saturated carbocycles. The van der Waals surface area contributed by atoms with Crippen LogP contribution in [-0.2, 0) is 11.2 Å². The Hall–Kier alpha value is -3.01. The van der Waals surface area contributed by atoms with Gasteiger partial charge >= 0.3 is 0 Å². The molecule has 0 aromatic heterocycles. The van der Waals surface area contributed by atoms with Crippen molar-refractivity contribution in [3.63, 3.8) is 0 Å². The Morgan fingerprint density at radius 3 is 2.36 bits per heavy atom. The molecule has 0 spiro atoms. The summed E-state index contributed by atoms with van der Waals surface area (Å²) in [5.41, 5.74) is 1.99. The number of carbonyl (C=O) groups is 1. The molecule has 3 aromatic carbocycles. The number of rotatable bonds is 8. The van der Waals surface area contributed by atoms with Crippen LogP contribution in [-0.4, -0.2) is 19.1 Å². The molecule has 0 unspecified atom stereocenters. The van der Waals surface area contributed by atoms with Gasteiger partial charge in [0.2, 0.25) is 5.91 Å². The van der Waals surface area contributed by atoms with Gasteiger partial charge in [-0.3, -0.25) is 4.79 Å². The van der Waals surface area contributed by atoms with Crippen LogP contribution in [0.1, 0.15) is 37.9 Å². The summed E-state index contributed by atoms with van der Waals surface area (Å²) in [5, 5.41) is 5.40. The van der Waals surface area contributed by atoms with Crippen molar-refractivity contribution in [1.82, 2.24) is 5.32 Å². The van der Waals surface area contributed by atoms with E-state index in [4.69, 9.17) is 9.47 Å². The van der Waals surface area contributed by atoms with Crippen LogP contribution in [0.25, 0.3) is 10.8 Å². The van der Waals surface area contributed by atoms with E-state index in [1.807, 2.05) is 57.2 Å². The fourth-order valence-corrected chi connectivity index (χ4v) is 3.25. The van der Waals surface area contributed by atoms with Gasteiger partial charge in [0.05, 0.1) is 25.7 Å². The fourth-order valence-electron chi connectivity index (χ4n) is 3.25. The molecule has 1 N–H and O–H groups in total. The SMILES string of the molecule is CCOc1ccc([C@@H](C)NC(=O)Cc2ccc3ccccc3c2)cc1OCC. The van der Waals surface area contributed by atoms with Crippen molar-refractivity contribution >= 4 is 16.7 Å². The maximum Gasteiger partial charge on any atom is 0.224 e. The summed E-state index contributed by atoms with van der Waals surface area (Å²) >= 11 is 0. The van der Waals surface area contributed by atoms with Crippen molar-refractivity contribution in [2.45, 2.75) is 33.2 Å². The first-order valence-electron chi connectivity index (χ1n) is 9.77. The summed E-state index contributed by atoms with van der Waals surface area (Å²) in [5.74, 6) is 1.43. The number of nitrogens with one attached hydrogen (secondary N) is 1. The normalized spacial score (nSPS) is 11.8. The Kier molecular flexibility index (Phi) is 6.53. The topological polar surface area (TPSA) is 47.6 Å². The summed E-state index contributed by atoms with van der Waals surface area (Å²) in [7, 11) is 0. The van der Waals surface area contributed by atoms with E-state index in [-0.39, 0.29) is 11.9 Å². The standard InChI is InChI=1S/C24H27NO3/c1-4-27-22-13-12-20(16-23(22)28-5-2)17(3)25-24(26)15-18-10-11-19-8-6-7-9-21(19)14-18/h6-14,16-17H,4-5,15H2,1-3H3,(H,25,26)/t17-/m1/s1. The monoisotopic (exact) mass is 377 g/mol. The fraction of sp³-hybridized carbons (Fsp3) is 0.292. The molecule has 146 valence electrons. The lowest BCUT2D eigenvalue weighted by Gasteiger charge is -2.17. The van der Waals surface area contributed by atoms with E-state index >= 15 is 0 Å². The highest BCUT2D eigenvalue weighted by molar-refractivity contribution is 5.85. The van der Waals surface area contributed by atoms with Gasteiger partial charge in [0.1, 0.15) is 0 Å². The number of hydrogen-bond acceptors (Lipinski definition) is 3. The Bertz CT molecular complexity index is 951. The molecular formula is C24H27NO3. The molecule has 0 fully saturated rings. The van der Waals surface area contributed by atoms with Crippen LogP contribution in [0.5, 0.6) is 11.5 Å². The predicted octanol–water partition coefficient (Wildman–Crippen LogP) is 5.06. The Morgan fingerprint density at radius 1 is 0.893 bits per heavy atom. The highest BCUT2D eigenvalue weighted by Crippen LogP contribution is 2.30. The smallest absolute Gasteiger partial charge is 0.224 e. The lowest BCUT2D eigenvalue weighted by Crippen LogP contribution is -2.28.